The topological polar surface area (TPSA) is 71.2 Å². The molecule has 122 valence electrons. The smallest absolute Gasteiger partial charge is 0.237 e. The molecule has 1 aromatic carbocycles. The van der Waals surface area contributed by atoms with Gasteiger partial charge in [-0.3, -0.25) is 9.69 Å². The first-order valence-electron chi connectivity index (χ1n) is 7.90. The largest absolute Gasteiger partial charge is 0.355 e. The normalized spacial score (nSPS) is 21.7. The van der Waals surface area contributed by atoms with Gasteiger partial charge in [0.05, 0.1) is 22.3 Å². The van der Waals surface area contributed by atoms with E-state index in [1.54, 1.807) is 0 Å². The summed E-state index contributed by atoms with van der Waals surface area (Å²) >= 11 is 6.23. The first-order valence-corrected chi connectivity index (χ1v) is 8.27. The van der Waals surface area contributed by atoms with Crippen LogP contribution in [-0.2, 0) is 11.3 Å². The van der Waals surface area contributed by atoms with Crippen LogP contribution in [0.4, 0.5) is 0 Å². The van der Waals surface area contributed by atoms with E-state index in [1.807, 2.05) is 37.3 Å². The van der Waals surface area contributed by atoms with Gasteiger partial charge in [-0.2, -0.15) is 0 Å². The van der Waals surface area contributed by atoms with Crippen molar-refractivity contribution in [3.8, 4) is 0 Å². The lowest BCUT2D eigenvalue weighted by molar-refractivity contribution is -0.125. The summed E-state index contributed by atoms with van der Waals surface area (Å²) in [5.74, 6) is 0.0410. The number of nitrogens with zero attached hydrogens (tertiary/aromatic N) is 2. The van der Waals surface area contributed by atoms with Crippen LogP contribution >= 0.6 is 11.6 Å². The number of benzene rings is 1. The number of fused-ring (bicyclic) bond motifs is 1. The minimum atomic E-state index is -0.186. The summed E-state index contributed by atoms with van der Waals surface area (Å²) in [5.41, 5.74) is 7.75. The van der Waals surface area contributed by atoms with E-state index in [1.165, 1.54) is 0 Å². The van der Waals surface area contributed by atoms with Crippen LogP contribution in [-0.4, -0.2) is 41.0 Å². The highest BCUT2D eigenvalue weighted by molar-refractivity contribution is 6.35. The number of likely N-dealkylation sites (tertiary alicyclic amines) is 1. The van der Waals surface area contributed by atoms with Crippen molar-refractivity contribution in [3.63, 3.8) is 0 Å². The number of hydrogen-bond acceptors (Lipinski definition) is 4. The van der Waals surface area contributed by atoms with Gasteiger partial charge < -0.3 is 11.1 Å². The Labute approximate surface area is 140 Å². The zero-order valence-electron chi connectivity index (χ0n) is 13.1. The van der Waals surface area contributed by atoms with E-state index in [0.29, 0.717) is 31.1 Å². The molecule has 0 spiro atoms. The highest BCUT2D eigenvalue weighted by atomic mass is 35.5. The number of carbonyl (C=O) groups excluding carboxylic acids is 1. The molecule has 3 rings (SSSR count). The molecule has 0 bridgehead atoms. The maximum Gasteiger partial charge on any atom is 0.237 e. The van der Waals surface area contributed by atoms with Gasteiger partial charge in [0.25, 0.3) is 0 Å². The second-order valence-corrected chi connectivity index (χ2v) is 6.36. The van der Waals surface area contributed by atoms with Gasteiger partial charge >= 0.3 is 0 Å². The first-order chi connectivity index (χ1) is 11.1. The lowest BCUT2D eigenvalue weighted by Crippen LogP contribution is -2.42. The van der Waals surface area contributed by atoms with Gasteiger partial charge in [-0.15, -0.1) is 0 Å². The van der Waals surface area contributed by atoms with E-state index >= 15 is 0 Å². The molecule has 2 aromatic rings. The van der Waals surface area contributed by atoms with Crippen LogP contribution in [0.5, 0.6) is 0 Å². The molecular weight excluding hydrogens is 312 g/mol. The molecule has 1 aliphatic rings. The number of likely N-dealkylation sites (N-methyl/N-ethyl adjacent to an activating group) is 1. The standard InChI is InChI=1S/C17H21ClN4O/c1-2-20-17(23)15-8-12(19)9-22(15)10-13-7-6-11-4-3-5-14(18)16(11)21-13/h3-7,12,15H,2,8-10,19H2,1H3,(H,20,23)/t12-,15-/m0/s1. The predicted octanol–water partition coefficient (Wildman–Crippen LogP) is 1.93. The van der Waals surface area contributed by atoms with Crippen LogP contribution in [0, 0.1) is 0 Å². The van der Waals surface area contributed by atoms with E-state index in [-0.39, 0.29) is 18.0 Å². The Bertz CT molecular complexity index is 721. The van der Waals surface area contributed by atoms with E-state index < -0.39 is 0 Å². The van der Waals surface area contributed by atoms with Gasteiger partial charge in [0, 0.05) is 31.1 Å². The third-order valence-corrected chi connectivity index (χ3v) is 4.49. The third kappa shape index (κ3) is 3.47. The van der Waals surface area contributed by atoms with Crippen molar-refractivity contribution in [1.29, 1.82) is 0 Å². The molecule has 0 radical (unpaired) electrons. The summed E-state index contributed by atoms with van der Waals surface area (Å²) in [5, 5.41) is 4.54. The van der Waals surface area contributed by atoms with Crippen LogP contribution in [0.1, 0.15) is 19.0 Å². The van der Waals surface area contributed by atoms with Crippen LogP contribution in [0.25, 0.3) is 10.9 Å². The van der Waals surface area contributed by atoms with Crippen molar-refractivity contribution >= 4 is 28.4 Å². The molecule has 6 heteroatoms. The Balaban J connectivity index is 1.82. The number of pyridine rings is 1. The lowest BCUT2D eigenvalue weighted by atomic mass is 10.1. The molecule has 3 N–H and O–H groups in total. The molecule has 5 nitrogen and oxygen atoms in total. The average molecular weight is 333 g/mol. The van der Waals surface area contributed by atoms with E-state index in [4.69, 9.17) is 17.3 Å². The van der Waals surface area contributed by atoms with Gasteiger partial charge in [0.15, 0.2) is 0 Å². The molecule has 0 saturated carbocycles. The van der Waals surface area contributed by atoms with Gasteiger partial charge in [-0.1, -0.05) is 29.8 Å². The number of amides is 1. The Hall–Kier alpha value is -1.69. The summed E-state index contributed by atoms with van der Waals surface area (Å²) < 4.78 is 0. The summed E-state index contributed by atoms with van der Waals surface area (Å²) in [4.78, 5) is 19.0. The fourth-order valence-electron chi connectivity index (χ4n) is 3.13. The molecule has 0 unspecified atom stereocenters. The van der Waals surface area contributed by atoms with Crippen molar-refractivity contribution in [2.45, 2.75) is 32.0 Å². The molecule has 2 atom stereocenters. The summed E-state index contributed by atoms with van der Waals surface area (Å²) in [7, 11) is 0. The molecular formula is C17H21ClN4O. The highest BCUT2D eigenvalue weighted by Gasteiger charge is 2.34. The second-order valence-electron chi connectivity index (χ2n) is 5.95. The van der Waals surface area contributed by atoms with Crippen molar-refractivity contribution in [1.82, 2.24) is 15.2 Å². The molecule has 23 heavy (non-hydrogen) atoms. The molecule has 2 heterocycles. The van der Waals surface area contributed by atoms with E-state index in [2.05, 4.69) is 15.2 Å². The molecule has 1 aliphatic heterocycles. The zero-order chi connectivity index (χ0) is 16.4. The maximum absolute atomic E-state index is 12.2. The van der Waals surface area contributed by atoms with Gasteiger partial charge in [-0.05, 0) is 25.5 Å². The van der Waals surface area contributed by atoms with Gasteiger partial charge in [0.2, 0.25) is 5.91 Å². The van der Waals surface area contributed by atoms with Crippen molar-refractivity contribution < 1.29 is 4.79 Å². The molecule has 1 fully saturated rings. The number of para-hydroxylation sites is 1. The zero-order valence-corrected chi connectivity index (χ0v) is 13.9. The Morgan fingerprint density at radius 3 is 3.04 bits per heavy atom. The molecule has 1 amide bonds. The SMILES string of the molecule is CCNC(=O)[C@@H]1C[C@H](N)CN1Cc1ccc2cccc(Cl)c2n1. The van der Waals surface area contributed by atoms with Crippen molar-refractivity contribution in [2.24, 2.45) is 5.73 Å². The van der Waals surface area contributed by atoms with E-state index in [0.717, 1.165) is 16.6 Å². The predicted molar refractivity (Wildman–Crippen MR) is 92.2 cm³/mol. The Kier molecular flexibility index (Phi) is 4.80. The summed E-state index contributed by atoms with van der Waals surface area (Å²) in [6.07, 6.45) is 0.681. The van der Waals surface area contributed by atoms with Crippen LogP contribution < -0.4 is 11.1 Å². The van der Waals surface area contributed by atoms with Gasteiger partial charge in [0.1, 0.15) is 0 Å². The van der Waals surface area contributed by atoms with Crippen molar-refractivity contribution in [3.05, 3.63) is 41.0 Å². The van der Waals surface area contributed by atoms with Crippen molar-refractivity contribution in [2.75, 3.05) is 13.1 Å². The highest BCUT2D eigenvalue weighted by Crippen LogP contribution is 2.24. The summed E-state index contributed by atoms with van der Waals surface area (Å²) in [6.45, 7) is 3.84. The van der Waals surface area contributed by atoms with Crippen LogP contribution in [0.15, 0.2) is 30.3 Å². The average Bonchev–Trinajstić information content (AvgIpc) is 2.89. The summed E-state index contributed by atoms with van der Waals surface area (Å²) in [6, 6.07) is 9.57. The quantitative estimate of drug-likeness (QED) is 0.897. The number of carbonyl (C=O) groups is 1. The molecule has 1 aromatic heterocycles. The Morgan fingerprint density at radius 2 is 2.26 bits per heavy atom. The fraction of sp³-hybridized carbons (Fsp3) is 0.412. The number of aromatic nitrogens is 1. The Morgan fingerprint density at radius 1 is 1.43 bits per heavy atom. The number of nitrogens with one attached hydrogen (secondary N) is 1. The maximum atomic E-state index is 12.2. The van der Waals surface area contributed by atoms with Gasteiger partial charge in [-0.25, -0.2) is 4.98 Å². The number of halogens is 1. The molecule has 0 aliphatic carbocycles. The van der Waals surface area contributed by atoms with Crippen LogP contribution in [0.3, 0.4) is 0 Å². The number of hydrogen-bond donors (Lipinski definition) is 2. The van der Waals surface area contributed by atoms with E-state index in [9.17, 15) is 4.79 Å². The fourth-order valence-corrected chi connectivity index (χ4v) is 3.35. The second kappa shape index (κ2) is 6.83. The minimum Gasteiger partial charge on any atom is -0.355 e. The van der Waals surface area contributed by atoms with Crippen LogP contribution in [0.2, 0.25) is 5.02 Å². The first kappa shape index (κ1) is 16.2. The number of rotatable bonds is 4. The number of nitrogens with two attached hydrogens (primary N) is 1. The third-order valence-electron chi connectivity index (χ3n) is 4.18. The minimum absolute atomic E-state index is 0.0200. The lowest BCUT2D eigenvalue weighted by Gasteiger charge is -2.23. The monoisotopic (exact) mass is 332 g/mol. The molecule has 1 saturated heterocycles.